The Morgan fingerprint density at radius 1 is 1.60 bits per heavy atom. The molecule has 0 amide bonds. The molecule has 0 aromatic carbocycles. The summed E-state index contributed by atoms with van der Waals surface area (Å²) in [6.45, 7) is 7.15. The summed E-state index contributed by atoms with van der Waals surface area (Å²) in [5.74, 6) is 0.650. The van der Waals surface area contributed by atoms with E-state index >= 15 is 0 Å². The summed E-state index contributed by atoms with van der Waals surface area (Å²) < 4.78 is 5.50. The summed E-state index contributed by atoms with van der Waals surface area (Å²) >= 11 is 0. The van der Waals surface area contributed by atoms with Crippen LogP contribution in [0.25, 0.3) is 0 Å². The van der Waals surface area contributed by atoms with Crippen LogP contribution < -0.4 is 0 Å². The molecule has 0 aliphatic carbocycles. The first kappa shape index (κ1) is 8.02. The number of likely N-dealkylation sites (tertiary alicyclic amines) is 1. The van der Waals surface area contributed by atoms with Gasteiger partial charge in [-0.1, -0.05) is 6.92 Å². The van der Waals surface area contributed by atoms with Crippen molar-refractivity contribution in [3.8, 4) is 0 Å². The van der Waals surface area contributed by atoms with Crippen LogP contribution in [0.5, 0.6) is 0 Å². The summed E-state index contributed by atoms with van der Waals surface area (Å²) in [5.41, 5.74) is 0. The molecule has 1 heterocycles. The lowest BCUT2D eigenvalue weighted by atomic mass is 10.1. The zero-order valence-corrected chi connectivity index (χ0v) is 6.84. The van der Waals surface area contributed by atoms with Gasteiger partial charge in [0.1, 0.15) is 0 Å². The molecule has 0 spiro atoms. The van der Waals surface area contributed by atoms with E-state index in [0.29, 0.717) is 12.0 Å². The average Bonchev–Trinajstić information content (AvgIpc) is 2.13. The fourth-order valence-electron chi connectivity index (χ4n) is 1.46. The fraction of sp³-hybridized carbons (Fsp3) is 0.875. The van der Waals surface area contributed by atoms with E-state index in [0.717, 1.165) is 19.7 Å². The van der Waals surface area contributed by atoms with E-state index in [1.54, 1.807) is 0 Å². The van der Waals surface area contributed by atoms with Crippen LogP contribution in [0.3, 0.4) is 0 Å². The van der Waals surface area contributed by atoms with Gasteiger partial charge < -0.3 is 9.64 Å². The van der Waals surface area contributed by atoms with Gasteiger partial charge in [-0.15, -0.1) is 0 Å². The van der Waals surface area contributed by atoms with Gasteiger partial charge in [-0.3, -0.25) is 7.05 Å². The van der Waals surface area contributed by atoms with Crippen molar-refractivity contribution in [2.75, 3.05) is 19.7 Å². The summed E-state index contributed by atoms with van der Waals surface area (Å²) in [7, 11) is 3.87. The van der Waals surface area contributed by atoms with Crippen LogP contribution in [0.15, 0.2) is 0 Å². The van der Waals surface area contributed by atoms with Crippen molar-refractivity contribution in [2.24, 2.45) is 5.92 Å². The lowest BCUT2D eigenvalue weighted by Crippen LogP contribution is -2.20. The molecule has 0 aromatic heterocycles. The molecule has 60 valence electrons. The highest BCUT2D eigenvalue weighted by Gasteiger charge is 2.23. The predicted molar refractivity (Wildman–Crippen MR) is 41.5 cm³/mol. The Morgan fingerprint density at radius 3 is 2.70 bits per heavy atom. The largest absolute Gasteiger partial charge is 0.457 e. The van der Waals surface area contributed by atoms with Crippen LogP contribution in [-0.4, -0.2) is 30.7 Å². The smallest absolute Gasteiger partial charge is 0.0714 e. The second-order valence-corrected chi connectivity index (χ2v) is 3.01. The molecular formula is C8H16NO-. The molecule has 1 fully saturated rings. The van der Waals surface area contributed by atoms with Crippen molar-refractivity contribution >= 4 is 0 Å². The van der Waals surface area contributed by atoms with Gasteiger partial charge in [0.15, 0.2) is 0 Å². The van der Waals surface area contributed by atoms with Gasteiger partial charge in [-0.25, -0.2) is 0 Å². The second-order valence-electron chi connectivity index (χ2n) is 3.01. The highest BCUT2D eigenvalue weighted by atomic mass is 16.5. The van der Waals surface area contributed by atoms with E-state index in [-0.39, 0.29) is 0 Å². The minimum Gasteiger partial charge on any atom is -0.457 e. The Hall–Kier alpha value is -0.0800. The first-order chi connectivity index (χ1) is 4.74. The summed E-state index contributed by atoms with van der Waals surface area (Å²) in [5, 5.41) is 0. The first-order valence-corrected chi connectivity index (χ1v) is 3.91. The molecule has 0 aromatic rings. The molecule has 2 atom stereocenters. The Labute approximate surface area is 63.2 Å². The van der Waals surface area contributed by atoms with Crippen LogP contribution in [0, 0.1) is 13.0 Å². The lowest BCUT2D eigenvalue weighted by Gasteiger charge is -2.16. The molecule has 0 bridgehead atoms. The van der Waals surface area contributed by atoms with Crippen molar-refractivity contribution in [1.29, 1.82) is 0 Å². The van der Waals surface area contributed by atoms with Gasteiger partial charge in [0, 0.05) is 6.61 Å². The molecule has 2 heteroatoms. The number of rotatable bonds is 2. The number of hydrogen-bond donors (Lipinski definition) is 0. The lowest BCUT2D eigenvalue weighted by molar-refractivity contribution is 0.0488. The van der Waals surface area contributed by atoms with Crippen LogP contribution in [0.2, 0.25) is 0 Å². The van der Waals surface area contributed by atoms with Crippen LogP contribution in [-0.2, 0) is 4.74 Å². The van der Waals surface area contributed by atoms with E-state index in [1.807, 2.05) is 6.92 Å². The zero-order valence-electron chi connectivity index (χ0n) is 6.84. The van der Waals surface area contributed by atoms with Crippen molar-refractivity contribution in [3.05, 3.63) is 7.05 Å². The molecule has 1 aliphatic heterocycles. The van der Waals surface area contributed by atoms with E-state index < -0.39 is 0 Å². The number of hydrogen-bond acceptors (Lipinski definition) is 2. The first-order valence-electron chi connectivity index (χ1n) is 3.91. The van der Waals surface area contributed by atoms with Gasteiger partial charge in [0.05, 0.1) is 6.10 Å². The minimum absolute atomic E-state index is 0.419. The maximum absolute atomic E-state index is 5.50. The molecule has 2 nitrogen and oxygen atoms in total. The predicted octanol–water partition coefficient (Wildman–Crippen LogP) is 1.13. The molecule has 0 N–H and O–H groups in total. The average molecular weight is 142 g/mol. The van der Waals surface area contributed by atoms with E-state index in [4.69, 9.17) is 4.74 Å². The van der Waals surface area contributed by atoms with Gasteiger partial charge >= 0.3 is 0 Å². The Balaban J connectivity index is 2.31. The third-order valence-corrected chi connectivity index (χ3v) is 2.00. The Bertz CT molecular complexity index is 105. The Kier molecular flexibility index (Phi) is 2.69. The molecule has 0 unspecified atom stereocenters. The molecule has 1 saturated heterocycles. The number of nitrogens with zero attached hydrogens (tertiary/aromatic N) is 1. The SMILES string of the molecule is [CH2-]N1C[C@H](OCC)[C@@H](C)C1. The van der Waals surface area contributed by atoms with E-state index in [2.05, 4.69) is 18.9 Å². The fourth-order valence-corrected chi connectivity index (χ4v) is 1.46. The van der Waals surface area contributed by atoms with Gasteiger partial charge in [-0.2, -0.15) is 0 Å². The van der Waals surface area contributed by atoms with Gasteiger partial charge in [-0.05, 0) is 25.9 Å². The maximum atomic E-state index is 5.50. The molecule has 1 rings (SSSR count). The number of ether oxygens (including phenoxy) is 1. The normalized spacial score (nSPS) is 35.1. The van der Waals surface area contributed by atoms with Crippen molar-refractivity contribution in [1.82, 2.24) is 4.90 Å². The van der Waals surface area contributed by atoms with Crippen molar-refractivity contribution in [2.45, 2.75) is 20.0 Å². The highest BCUT2D eigenvalue weighted by Crippen LogP contribution is 2.17. The van der Waals surface area contributed by atoms with Crippen LogP contribution >= 0.6 is 0 Å². The third kappa shape index (κ3) is 1.70. The van der Waals surface area contributed by atoms with Crippen LogP contribution in [0.4, 0.5) is 0 Å². The van der Waals surface area contributed by atoms with Gasteiger partial charge in [0.2, 0.25) is 0 Å². The standard InChI is InChI=1S/C8H16NO/c1-4-10-8-6-9(3)5-7(8)2/h7-8H,3-6H2,1-2H3/q-1/t7-,8-/m0/s1. The van der Waals surface area contributed by atoms with E-state index in [1.165, 1.54) is 0 Å². The molecule has 0 saturated carbocycles. The Morgan fingerprint density at radius 2 is 2.30 bits per heavy atom. The topological polar surface area (TPSA) is 12.5 Å². The summed E-state index contributed by atoms with van der Waals surface area (Å²) in [6, 6.07) is 0. The monoisotopic (exact) mass is 142 g/mol. The highest BCUT2D eigenvalue weighted by molar-refractivity contribution is 4.81. The molecule has 1 aliphatic rings. The third-order valence-electron chi connectivity index (χ3n) is 2.00. The van der Waals surface area contributed by atoms with Crippen LogP contribution in [0.1, 0.15) is 13.8 Å². The van der Waals surface area contributed by atoms with E-state index in [9.17, 15) is 0 Å². The zero-order chi connectivity index (χ0) is 7.56. The second kappa shape index (κ2) is 3.35. The summed E-state index contributed by atoms with van der Waals surface area (Å²) in [4.78, 5) is 2.07. The summed E-state index contributed by atoms with van der Waals surface area (Å²) in [6.07, 6.45) is 0.419. The molecule has 10 heavy (non-hydrogen) atoms. The quantitative estimate of drug-likeness (QED) is 0.536. The van der Waals surface area contributed by atoms with Gasteiger partial charge in [0.25, 0.3) is 0 Å². The minimum atomic E-state index is 0.419. The molecular weight excluding hydrogens is 126 g/mol. The van der Waals surface area contributed by atoms with Crippen molar-refractivity contribution in [3.63, 3.8) is 0 Å². The van der Waals surface area contributed by atoms with Crippen molar-refractivity contribution < 1.29 is 4.74 Å². The molecule has 0 radical (unpaired) electrons. The maximum Gasteiger partial charge on any atom is 0.0714 e.